The Bertz CT molecular complexity index is 4690. The molecule has 0 aromatic heterocycles. The summed E-state index contributed by atoms with van der Waals surface area (Å²) in [6, 6.07) is 67.4. The lowest BCUT2D eigenvalue weighted by molar-refractivity contribution is -0.0320. The highest BCUT2D eigenvalue weighted by Crippen LogP contribution is 2.55. The highest BCUT2D eigenvalue weighted by Gasteiger charge is 2.39. The van der Waals surface area contributed by atoms with E-state index in [1.807, 2.05) is 72.8 Å². The molecule has 9 aromatic carbocycles. The van der Waals surface area contributed by atoms with Crippen LogP contribution in [0.1, 0.15) is 87.4 Å². The maximum atomic E-state index is 7.17. The number of hydrogen-bond acceptors (Lipinski definition) is 25. The van der Waals surface area contributed by atoms with E-state index >= 15 is 0 Å². The molecule has 0 radical (unpaired) electrons. The molecule has 2 heterocycles. The molecular formula is C103H128O21S4. The van der Waals surface area contributed by atoms with Crippen molar-refractivity contribution in [2.75, 3.05) is 220 Å². The van der Waals surface area contributed by atoms with Crippen LogP contribution in [0.15, 0.2) is 223 Å². The Balaban J connectivity index is 0.510. The minimum absolute atomic E-state index is 0.0234. The minimum atomic E-state index is -0.844. The number of thioether (sulfide) groups is 4. The molecule has 2 aliphatic rings. The van der Waals surface area contributed by atoms with Gasteiger partial charge in [-0.2, -0.15) is 0 Å². The zero-order valence-corrected chi connectivity index (χ0v) is 79.2. The van der Waals surface area contributed by atoms with Crippen molar-refractivity contribution in [3.8, 4) is 62.5 Å². The summed E-state index contributed by atoms with van der Waals surface area (Å²) in [6.45, 7) is 28.4. The summed E-state index contributed by atoms with van der Waals surface area (Å²) in [6.07, 6.45) is 0.967. The summed E-state index contributed by atoms with van der Waals surface area (Å²) in [5.74, 6) is 4.46. The van der Waals surface area contributed by atoms with Gasteiger partial charge in [-0.05, 0) is 138 Å². The Labute approximate surface area is 774 Å². The summed E-state index contributed by atoms with van der Waals surface area (Å²) < 4.78 is 127. The molecule has 25 heteroatoms. The van der Waals surface area contributed by atoms with Crippen molar-refractivity contribution < 1.29 is 99.5 Å². The number of aryl methyl sites for hydroxylation is 1. The SMILES string of the molecule is CCc1ccc(C(OCCOCCOCC2=CS/C(=C3\SC=C(COCCOCCOc4ccc(-c5ccc(-c6ccc(OCCOCCOc7cccc8c(OCCOCCOCc9cc(OCCOCCOC)c(OCCOCCOC)c(OCCOCCOC)c9)cccc78)cc6)cc5)cc4)S3)S2)(c2ccc(C(C)(C)C)cc2)c2ccc(C(C)(C)C)cc2)cc1. The summed E-state index contributed by atoms with van der Waals surface area (Å²) >= 11 is 7.07. The highest BCUT2D eigenvalue weighted by atomic mass is 32.2. The van der Waals surface area contributed by atoms with Crippen LogP contribution < -0.4 is 33.2 Å². The topological polar surface area (TPSA) is 194 Å². The van der Waals surface area contributed by atoms with Crippen molar-refractivity contribution in [1.82, 2.24) is 0 Å². The quantitative estimate of drug-likeness (QED) is 0.0258. The lowest BCUT2D eigenvalue weighted by Crippen LogP contribution is -2.34. The molecule has 21 nitrogen and oxygen atoms in total. The molecule has 0 unspecified atom stereocenters. The lowest BCUT2D eigenvalue weighted by atomic mass is 9.77. The van der Waals surface area contributed by atoms with Gasteiger partial charge in [-0.1, -0.05) is 241 Å². The van der Waals surface area contributed by atoms with Crippen LogP contribution in [-0.4, -0.2) is 220 Å². The van der Waals surface area contributed by atoms with E-state index in [0.717, 1.165) is 84.7 Å². The average molecular weight is 1830 g/mol. The number of rotatable bonds is 62. The van der Waals surface area contributed by atoms with E-state index < -0.39 is 5.60 Å². The van der Waals surface area contributed by atoms with E-state index in [0.29, 0.717) is 196 Å². The fourth-order valence-corrected chi connectivity index (χ4v) is 18.5. The first kappa shape index (κ1) is 100. The van der Waals surface area contributed by atoms with E-state index in [9.17, 15) is 0 Å². The third kappa shape index (κ3) is 32.7. The molecule has 0 amide bonds. The largest absolute Gasteiger partial charge is 0.491 e. The normalized spacial score (nSPS) is 13.6. The molecule has 0 aliphatic carbocycles. The molecule has 9 aromatic rings. The van der Waals surface area contributed by atoms with Gasteiger partial charge in [0, 0.05) is 41.9 Å². The smallest absolute Gasteiger partial charge is 0.203 e. The predicted molar refractivity (Wildman–Crippen MR) is 514 cm³/mol. The molecule has 11 rings (SSSR count). The lowest BCUT2D eigenvalue weighted by Gasteiger charge is -2.37. The van der Waals surface area contributed by atoms with Crippen LogP contribution >= 0.6 is 47.0 Å². The van der Waals surface area contributed by atoms with Gasteiger partial charge in [0.25, 0.3) is 0 Å². The average Bonchev–Trinajstić information content (AvgIpc) is 0.823. The summed E-state index contributed by atoms with van der Waals surface area (Å²) in [7, 11) is 4.89. The van der Waals surface area contributed by atoms with E-state index in [2.05, 4.69) is 181 Å². The Morgan fingerprint density at radius 3 is 0.938 bits per heavy atom. The second-order valence-electron chi connectivity index (χ2n) is 31.9. The van der Waals surface area contributed by atoms with Gasteiger partial charge in [0.15, 0.2) is 11.5 Å². The van der Waals surface area contributed by atoms with E-state index in [4.69, 9.17) is 99.5 Å². The van der Waals surface area contributed by atoms with E-state index in [1.165, 1.54) is 35.0 Å². The molecule has 0 N–H and O–H groups in total. The van der Waals surface area contributed by atoms with Gasteiger partial charge >= 0.3 is 0 Å². The zero-order valence-electron chi connectivity index (χ0n) is 76.0. The van der Waals surface area contributed by atoms with Gasteiger partial charge in [0.05, 0.1) is 167 Å². The van der Waals surface area contributed by atoms with Crippen molar-refractivity contribution in [3.05, 3.63) is 262 Å². The van der Waals surface area contributed by atoms with Crippen LogP contribution in [0.3, 0.4) is 0 Å². The van der Waals surface area contributed by atoms with Crippen molar-refractivity contribution in [1.29, 1.82) is 0 Å². The fraction of sp³-hybridized carbons (Fsp3) is 0.437. The number of hydrogen-bond donors (Lipinski definition) is 0. The molecule has 0 saturated carbocycles. The third-order valence-corrected chi connectivity index (χ3v) is 25.9. The van der Waals surface area contributed by atoms with Gasteiger partial charge in [-0.25, -0.2) is 0 Å². The van der Waals surface area contributed by atoms with Crippen LogP contribution in [-0.2, 0) is 95.8 Å². The van der Waals surface area contributed by atoms with Crippen LogP contribution in [0.2, 0.25) is 0 Å². The fourth-order valence-electron chi connectivity index (χ4n) is 13.7. The van der Waals surface area contributed by atoms with Crippen molar-refractivity contribution >= 4 is 57.8 Å². The first-order chi connectivity index (χ1) is 62.6. The van der Waals surface area contributed by atoms with Crippen LogP contribution in [0.25, 0.3) is 33.0 Å². The van der Waals surface area contributed by atoms with Crippen molar-refractivity contribution in [2.45, 2.75) is 77.9 Å². The molecule has 0 bridgehead atoms. The molecule has 690 valence electrons. The summed E-state index contributed by atoms with van der Waals surface area (Å²) in [5, 5.41) is 6.26. The van der Waals surface area contributed by atoms with Crippen LogP contribution in [0.5, 0.6) is 40.2 Å². The maximum absolute atomic E-state index is 7.17. The van der Waals surface area contributed by atoms with Crippen molar-refractivity contribution in [2.24, 2.45) is 0 Å². The standard InChI is InChI=1S/C103H128O21S4/c1-11-77-18-28-85(29-19-77)103(86-34-30-83(31-35-86)101(2,3)4,87-36-32-84(33-37-87)102(5,6)7)124-69-61-112-50-53-116-74-91-76-126-100(128-91)99-125-75-90(127-99)73-115-52-49-110-54-62-117-88-38-24-81(25-39-88)79-20-22-80(23-21-79)82-26-40-89(41-27-82)118-63-55-113-57-65-120-95-17-13-14-92-93(95)15-12-16-94(92)119-64-56-111-48-51-114-72-78-70-96(121-66-58-107-45-42-104-8)98(123-68-60-109-47-44-106-10)97(71-78)122-67-59-108-46-43-105-9/h12-41,70-71,75-76H,11,42-69,72-74H2,1-10H3/b100-99-. The molecular weight excluding hydrogens is 1700 g/mol. The molecule has 2 aliphatic heterocycles. The van der Waals surface area contributed by atoms with Gasteiger partial charge in [-0.3, -0.25) is 0 Å². The summed E-state index contributed by atoms with van der Waals surface area (Å²) in [4.78, 5) is 2.38. The number of fused-ring (bicyclic) bond motifs is 1. The Kier molecular flexibility index (Phi) is 43.4. The first-order valence-corrected chi connectivity index (χ1v) is 47.4. The number of benzene rings is 9. The van der Waals surface area contributed by atoms with Gasteiger partial charge in [0.1, 0.15) is 74.8 Å². The maximum Gasteiger partial charge on any atom is 0.203 e. The third-order valence-electron chi connectivity index (χ3n) is 20.6. The van der Waals surface area contributed by atoms with E-state index in [-0.39, 0.29) is 37.3 Å². The minimum Gasteiger partial charge on any atom is -0.491 e. The molecule has 0 spiro atoms. The van der Waals surface area contributed by atoms with Gasteiger partial charge in [-0.15, -0.1) is 0 Å². The number of methoxy groups -OCH3 is 3. The van der Waals surface area contributed by atoms with Gasteiger partial charge < -0.3 is 99.5 Å². The highest BCUT2D eigenvalue weighted by molar-refractivity contribution is 8.33. The molecule has 0 atom stereocenters. The zero-order chi connectivity index (χ0) is 89.7. The Morgan fingerprint density at radius 1 is 0.266 bits per heavy atom. The van der Waals surface area contributed by atoms with E-state index in [1.54, 1.807) is 68.4 Å². The molecule has 0 saturated heterocycles. The number of ether oxygens (including phenoxy) is 21. The molecule has 128 heavy (non-hydrogen) atoms. The van der Waals surface area contributed by atoms with Crippen molar-refractivity contribution in [3.63, 3.8) is 0 Å². The molecule has 0 fully saturated rings. The monoisotopic (exact) mass is 1830 g/mol. The first-order valence-electron chi connectivity index (χ1n) is 44.0. The van der Waals surface area contributed by atoms with Gasteiger partial charge in [0.2, 0.25) is 5.75 Å². The Hall–Kier alpha value is -8.10. The Morgan fingerprint density at radius 2 is 0.570 bits per heavy atom. The second-order valence-corrected chi connectivity index (χ2v) is 36.5. The van der Waals surface area contributed by atoms with Crippen LogP contribution in [0.4, 0.5) is 0 Å². The second kappa shape index (κ2) is 55.3. The summed E-state index contributed by atoms with van der Waals surface area (Å²) in [5.41, 5.74) is 11.6. The predicted octanol–water partition coefficient (Wildman–Crippen LogP) is 20.8. The van der Waals surface area contributed by atoms with Crippen LogP contribution in [0, 0.1) is 0 Å².